The zero-order valence-electron chi connectivity index (χ0n) is 13.0. The lowest BCUT2D eigenvalue weighted by atomic mass is 10.1. The minimum Gasteiger partial charge on any atom is -0.374 e. The van der Waals surface area contributed by atoms with Crippen molar-refractivity contribution in [2.75, 3.05) is 13.2 Å². The molecule has 2 aromatic rings. The molecule has 2 atom stereocenters. The monoisotopic (exact) mass is 317 g/mol. The van der Waals surface area contributed by atoms with Crippen LogP contribution in [0.3, 0.4) is 0 Å². The van der Waals surface area contributed by atoms with E-state index in [1.165, 1.54) is 17.1 Å². The van der Waals surface area contributed by atoms with Crippen LogP contribution in [0.5, 0.6) is 0 Å². The molecule has 8 heteroatoms. The van der Waals surface area contributed by atoms with Crippen molar-refractivity contribution in [2.24, 2.45) is 7.05 Å². The molecule has 2 aliphatic rings. The van der Waals surface area contributed by atoms with Gasteiger partial charge in [0.25, 0.3) is 5.56 Å². The van der Waals surface area contributed by atoms with Gasteiger partial charge in [-0.2, -0.15) is 5.10 Å². The van der Waals surface area contributed by atoms with Crippen LogP contribution in [0.2, 0.25) is 0 Å². The molecule has 1 aliphatic heterocycles. The topological polar surface area (TPSA) is 82.2 Å². The molecule has 4 rings (SSSR count). The number of nitrogens with zero attached hydrogens (tertiary/aromatic N) is 5. The summed E-state index contributed by atoms with van der Waals surface area (Å²) >= 11 is 0. The van der Waals surface area contributed by atoms with Gasteiger partial charge in [-0.15, -0.1) is 0 Å². The van der Waals surface area contributed by atoms with Crippen LogP contribution in [-0.4, -0.2) is 55.4 Å². The summed E-state index contributed by atoms with van der Waals surface area (Å²) < 4.78 is 8.65. The van der Waals surface area contributed by atoms with Crippen molar-refractivity contribution in [3.8, 4) is 0 Å². The SMILES string of the molecule is Cn1ncc2c(=O)n(CC(=O)N3CCO[C@H]4CCC[C@@H]43)cnc21. The zero-order chi connectivity index (χ0) is 16.0. The highest BCUT2D eigenvalue weighted by Crippen LogP contribution is 2.29. The van der Waals surface area contributed by atoms with Crippen LogP contribution in [0.1, 0.15) is 19.3 Å². The number of hydrogen-bond acceptors (Lipinski definition) is 5. The fourth-order valence-electron chi connectivity index (χ4n) is 3.65. The Labute approximate surface area is 132 Å². The highest BCUT2D eigenvalue weighted by Gasteiger charge is 2.38. The fourth-order valence-corrected chi connectivity index (χ4v) is 3.65. The summed E-state index contributed by atoms with van der Waals surface area (Å²) in [6, 6.07) is 0.155. The number of rotatable bonds is 2. The predicted octanol–water partition coefficient (Wildman–Crippen LogP) is -0.0901. The molecule has 1 saturated heterocycles. The summed E-state index contributed by atoms with van der Waals surface area (Å²) in [6.07, 6.45) is 6.15. The first-order valence-electron chi connectivity index (χ1n) is 7.93. The highest BCUT2D eigenvalue weighted by atomic mass is 16.5. The Morgan fingerprint density at radius 2 is 2.30 bits per heavy atom. The fraction of sp³-hybridized carbons (Fsp3) is 0.600. The number of carbonyl (C=O) groups excluding carboxylic acids is 1. The average Bonchev–Trinajstić information content (AvgIpc) is 3.16. The molecule has 8 nitrogen and oxygen atoms in total. The van der Waals surface area contributed by atoms with Crippen LogP contribution in [-0.2, 0) is 23.1 Å². The van der Waals surface area contributed by atoms with Crippen LogP contribution < -0.4 is 5.56 Å². The van der Waals surface area contributed by atoms with Gasteiger partial charge in [-0.1, -0.05) is 0 Å². The van der Waals surface area contributed by atoms with Crippen LogP contribution >= 0.6 is 0 Å². The first-order chi connectivity index (χ1) is 11.1. The summed E-state index contributed by atoms with van der Waals surface area (Å²) in [5.41, 5.74) is 0.300. The number of fused-ring (bicyclic) bond motifs is 2. The number of amides is 1. The van der Waals surface area contributed by atoms with Gasteiger partial charge in [0, 0.05) is 13.6 Å². The van der Waals surface area contributed by atoms with E-state index in [4.69, 9.17) is 4.74 Å². The average molecular weight is 317 g/mol. The van der Waals surface area contributed by atoms with Gasteiger partial charge >= 0.3 is 0 Å². The maximum absolute atomic E-state index is 12.7. The van der Waals surface area contributed by atoms with Gasteiger partial charge in [0.15, 0.2) is 5.65 Å². The van der Waals surface area contributed by atoms with E-state index >= 15 is 0 Å². The van der Waals surface area contributed by atoms with Gasteiger partial charge in [-0.05, 0) is 19.3 Å². The van der Waals surface area contributed by atoms with Crippen molar-refractivity contribution >= 4 is 16.9 Å². The minimum atomic E-state index is -0.229. The summed E-state index contributed by atoms with van der Waals surface area (Å²) in [4.78, 5) is 31.2. The van der Waals surface area contributed by atoms with Gasteiger partial charge in [-0.25, -0.2) is 4.98 Å². The smallest absolute Gasteiger partial charge is 0.264 e. The third-order valence-electron chi connectivity index (χ3n) is 4.83. The molecule has 2 fully saturated rings. The molecule has 122 valence electrons. The summed E-state index contributed by atoms with van der Waals surface area (Å²) in [5, 5.41) is 4.47. The van der Waals surface area contributed by atoms with E-state index in [9.17, 15) is 9.59 Å². The lowest BCUT2D eigenvalue weighted by Crippen LogP contribution is -2.52. The Hall–Kier alpha value is -2.22. The number of aryl methyl sites for hydroxylation is 1. The molecule has 1 amide bonds. The Kier molecular flexibility index (Phi) is 3.41. The van der Waals surface area contributed by atoms with E-state index in [1.54, 1.807) is 11.7 Å². The first-order valence-corrected chi connectivity index (χ1v) is 7.93. The Bertz CT molecular complexity index is 811. The molecule has 23 heavy (non-hydrogen) atoms. The first kappa shape index (κ1) is 14.4. The Balaban J connectivity index is 1.59. The molecule has 0 N–H and O–H groups in total. The summed E-state index contributed by atoms with van der Waals surface area (Å²) in [6.45, 7) is 1.18. The van der Waals surface area contributed by atoms with Gasteiger partial charge in [-0.3, -0.25) is 18.8 Å². The maximum atomic E-state index is 12.7. The maximum Gasteiger partial charge on any atom is 0.264 e. The van der Waals surface area contributed by atoms with Crippen molar-refractivity contribution in [1.29, 1.82) is 0 Å². The lowest BCUT2D eigenvalue weighted by Gasteiger charge is -2.37. The number of hydrogen-bond donors (Lipinski definition) is 0. The van der Waals surface area contributed by atoms with Crippen LogP contribution in [0.15, 0.2) is 17.3 Å². The molecule has 0 aromatic carbocycles. The third-order valence-corrected chi connectivity index (χ3v) is 4.83. The van der Waals surface area contributed by atoms with Crippen molar-refractivity contribution in [3.63, 3.8) is 0 Å². The van der Waals surface area contributed by atoms with Crippen molar-refractivity contribution in [3.05, 3.63) is 22.9 Å². The molecule has 1 aliphatic carbocycles. The summed E-state index contributed by atoms with van der Waals surface area (Å²) in [7, 11) is 1.73. The van der Waals surface area contributed by atoms with Crippen molar-refractivity contribution in [1.82, 2.24) is 24.2 Å². The van der Waals surface area contributed by atoms with Crippen molar-refractivity contribution < 1.29 is 9.53 Å². The Morgan fingerprint density at radius 3 is 3.17 bits per heavy atom. The van der Waals surface area contributed by atoms with E-state index in [1.807, 2.05) is 4.90 Å². The molecular weight excluding hydrogens is 298 g/mol. The van der Waals surface area contributed by atoms with E-state index in [0.29, 0.717) is 24.2 Å². The second-order valence-corrected chi connectivity index (χ2v) is 6.18. The largest absolute Gasteiger partial charge is 0.374 e. The predicted molar refractivity (Wildman–Crippen MR) is 81.9 cm³/mol. The third kappa shape index (κ3) is 2.33. The van der Waals surface area contributed by atoms with E-state index in [-0.39, 0.29) is 30.2 Å². The molecular formula is C15H19N5O3. The molecule has 1 saturated carbocycles. The highest BCUT2D eigenvalue weighted by molar-refractivity contribution is 5.77. The van der Waals surface area contributed by atoms with Gasteiger partial charge in [0.2, 0.25) is 5.91 Å². The number of aromatic nitrogens is 4. The zero-order valence-corrected chi connectivity index (χ0v) is 13.0. The van der Waals surface area contributed by atoms with Crippen LogP contribution in [0.25, 0.3) is 11.0 Å². The molecule has 2 aromatic heterocycles. The molecule has 3 heterocycles. The van der Waals surface area contributed by atoms with Gasteiger partial charge in [0.1, 0.15) is 18.3 Å². The van der Waals surface area contributed by atoms with Crippen LogP contribution in [0, 0.1) is 0 Å². The van der Waals surface area contributed by atoms with Crippen molar-refractivity contribution in [2.45, 2.75) is 38.0 Å². The van der Waals surface area contributed by atoms with E-state index < -0.39 is 0 Å². The molecule has 0 bridgehead atoms. The quantitative estimate of drug-likeness (QED) is 0.773. The van der Waals surface area contributed by atoms with Crippen LogP contribution in [0.4, 0.5) is 0 Å². The molecule has 0 radical (unpaired) electrons. The molecule has 0 unspecified atom stereocenters. The normalized spacial score (nSPS) is 24.1. The second kappa shape index (κ2) is 5.45. The summed E-state index contributed by atoms with van der Waals surface area (Å²) in [5.74, 6) is -0.0441. The number of ether oxygens (including phenoxy) is 1. The van der Waals surface area contributed by atoms with E-state index in [0.717, 1.165) is 19.3 Å². The van der Waals surface area contributed by atoms with Gasteiger partial charge < -0.3 is 9.64 Å². The van der Waals surface area contributed by atoms with E-state index in [2.05, 4.69) is 10.1 Å². The number of morpholine rings is 1. The standard InChI is InChI=1S/C15H19N5O3/c1-18-14-10(7-17-18)15(22)19(9-16-14)8-13(21)20-5-6-23-12-4-2-3-11(12)20/h7,9,11-12H,2-6,8H2,1H3/t11-,12-/m0/s1. The Morgan fingerprint density at radius 1 is 1.43 bits per heavy atom. The van der Waals surface area contributed by atoms with Gasteiger partial charge in [0.05, 0.1) is 24.9 Å². The lowest BCUT2D eigenvalue weighted by molar-refractivity contribution is -0.144. The molecule has 0 spiro atoms. The number of carbonyl (C=O) groups is 1. The second-order valence-electron chi connectivity index (χ2n) is 6.18. The minimum absolute atomic E-state index is 0.0138.